The van der Waals surface area contributed by atoms with Crippen LogP contribution in [0, 0.1) is 0 Å². The summed E-state index contributed by atoms with van der Waals surface area (Å²) >= 11 is 0. The molecule has 2 unspecified atom stereocenters. The van der Waals surface area contributed by atoms with E-state index in [9.17, 15) is 4.79 Å². The van der Waals surface area contributed by atoms with Crippen LogP contribution in [0.25, 0.3) is 0 Å². The Labute approximate surface area is 191 Å². The number of rotatable bonds is 7. The molecule has 3 aromatic carbocycles. The van der Waals surface area contributed by atoms with Gasteiger partial charge < -0.3 is 15.4 Å². The number of amides is 1. The van der Waals surface area contributed by atoms with E-state index in [4.69, 9.17) is 4.74 Å². The van der Waals surface area contributed by atoms with Gasteiger partial charge in [0.05, 0.1) is 12.7 Å². The third-order valence-electron chi connectivity index (χ3n) is 6.68. The molecule has 1 aliphatic heterocycles. The van der Waals surface area contributed by atoms with Crippen molar-refractivity contribution in [1.82, 2.24) is 10.6 Å². The van der Waals surface area contributed by atoms with Gasteiger partial charge in [-0.2, -0.15) is 0 Å². The second kappa shape index (κ2) is 10.5. The summed E-state index contributed by atoms with van der Waals surface area (Å²) in [4.78, 5) is 13.5. The van der Waals surface area contributed by atoms with E-state index in [0.717, 1.165) is 38.8 Å². The van der Waals surface area contributed by atoms with E-state index in [1.807, 2.05) is 30.3 Å². The quantitative estimate of drug-likeness (QED) is 0.571. The molecule has 1 fully saturated rings. The van der Waals surface area contributed by atoms with Gasteiger partial charge in [0.25, 0.3) is 5.91 Å². The van der Waals surface area contributed by atoms with E-state index in [-0.39, 0.29) is 17.4 Å². The van der Waals surface area contributed by atoms with Gasteiger partial charge in [-0.1, -0.05) is 72.8 Å². The number of hydrogen-bond acceptors (Lipinski definition) is 3. The van der Waals surface area contributed by atoms with Crippen LogP contribution in [0.3, 0.4) is 0 Å². The van der Waals surface area contributed by atoms with Crippen LogP contribution in [-0.4, -0.2) is 32.1 Å². The molecule has 2 N–H and O–H groups in total. The first-order valence-corrected chi connectivity index (χ1v) is 11.5. The first-order chi connectivity index (χ1) is 15.7. The van der Waals surface area contributed by atoms with Crippen LogP contribution in [0.2, 0.25) is 0 Å². The molecule has 4 nitrogen and oxygen atoms in total. The maximum absolute atomic E-state index is 13.5. The molecule has 0 bridgehead atoms. The van der Waals surface area contributed by atoms with Crippen molar-refractivity contribution in [3.05, 3.63) is 102 Å². The zero-order valence-electron chi connectivity index (χ0n) is 18.7. The third-order valence-corrected chi connectivity index (χ3v) is 6.68. The molecule has 0 spiro atoms. The zero-order valence-corrected chi connectivity index (χ0v) is 18.7. The van der Waals surface area contributed by atoms with Crippen LogP contribution in [0.1, 0.15) is 40.7 Å². The van der Waals surface area contributed by atoms with Gasteiger partial charge in [-0.05, 0) is 62.0 Å². The Bertz CT molecular complexity index is 996. The number of nitrogens with one attached hydrogen (secondary N) is 2. The highest BCUT2D eigenvalue weighted by Gasteiger charge is 2.41. The predicted octanol–water partition coefficient (Wildman–Crippen LogP) is 4.75. The number of hydrogen-bond donors (Lipinski definition) is 2. The molecule has 1 amide bonds. The number of ether oxygens (including phenoxy) is 1. The molecule has 0 radical (unpaired) electrons. The maximum Gasteiger partial charge on any atom is 0.255 e. The molecule has 2 atom stereocenters. The summed E-state index contributed by atoms with van der Waals surface area (Å²) < 4.78 is 5.47. The minimum Gasteiger partial charge on any atom is -0.496 e. The standard InChI is InChI=1S/C28H32N2O2/c1-32-25-16-9-8-15-24(25)27(31)30-26(21-22-11-4-2-5-12-22)28(17-10-19-29-20-18-28)23-13-6-3-7-14-23/h2-9,11-16,26,29H,10,17-21H2,1H3,(H,30,31). The van der Waals surface area contributed by atoms with Gasteiger partial charge in [-0.15, -0.1) is 0 Å². The summed E-state index contributed by atoms with van der Waals surface area (Å²) in [5, 5.41) is 7.01. The summed E-state index contributed by atoms with van der Waals surface area (Å²) in [5.41, 5.74) is 2.94. The Morgan fingerprint density at radius 2 is 1.62 bits per heavy atom. The second-order valence-corrected chi connectivity index (χ2v) is 8.54. The summed E-state index contributed by atoms with van der Waals surface area (Å²) in [7, 11) is 1.61. The van der Waals surface area contributed by atoms with Gasteiger partial charge in [-0.3, -0.25) is 4.79 Å². The predicted molar refractivity (Wildman–Crippen MR) is 129 cm³/mol. The van der Waals surface area contributed by atoms with Crippen LogP contribution >= 0.6 is 0 Å². The van der Waals surface area contributed by atoms with E-state index in [2.05, 4.69) is 65.2 Å². The molecule has 4 rings (SSSR count). The molecule has 4 heteroatoms. The van der Waals surface area contributed by atoms with Crippen molar-refractivity contribution in [2.75, 3.05) is 20.2 Å². The summed E-state index contributed by atoms with van der Waals surface area (Å²) in [6.45, 7) is 1.94. The Hall–Kier alpha value is -3.11. The van der Waals surface area contributed by atoms with Gasteiger partial charge in [0.15, 0.2) is 0 Å². The first kappa shape index (κ1) is 22.1. The fourth-order valence-corrected chi connectivity index (χ4v) is 5.00. The number of methoxy groups -OCH3 is 1. The largest absolute Gasteiger partial charge is 0.496 e. The van der Waals surface area contributed by atoms with Crippen LogP contribution in [0.15, 0.2) is 84.9 Å². The summed E-state index contributed by atoms with van der Waals surface area (Å²) in [6, 6.07) is 28.6. The maximum atomic E-state index is 13.5. The Morgan fingerprint density at radius 1 is 0.938 bits per heavy atom. The molecule has 32 heavy (non-hydrogen) atoms. The molecule has 1 saturated heterocycles. The minimum atomic E-state index is -0.154. The second-order valence-electron chi connectivity index (χ2n) is 8.54. The molecular formula is C28H32N2O2. The third kappa shape index (κ3) is 4.86. The number of benzene rings is 3. The average molecular weight is 429 g/mol. The van der Waals surface area contributed by atoms with E-state index in [0.29, 0.717) is 11.3 Å². The molecule has 166 valence electrons. The molecule has 1 heterocycles. The number of para-hydroxylation sites is 1. The Kier molecular flexibility index (Phi) is 7.23. The van der Waals surface area contributed by atoms with E-state index in [1.54, 1.807) is 7.11 Å². The monoisotopic (exact) mass is 428 g/mol. The van der Waals surface area contributed by atoms with Crippen LogP contribution < -0.4 is 15.4 Å². The number of carbonyl (C=O) groups excluding carboxylic acids is 1. The van der Waals surface area contributed by atoms with Crippen LogP contribution in [0.4, 0.5) is 0 Å². The van der Waals surface area contributed by atoms with Crippen molar-refractivity contribution in [2.24, 2.45) is 0 Å². The van der Waals surface area contributed by atoms with E-state index in [1.165, 1.54) is 11.1 Å². The van der Waals surface area contributed by atoms with Crippen molar-refractivity contribution >= 4 is 5.91 Å². The van der Waals surface area contributed by atoms with Crippen molar-refractivity contribution < 1.29 is 9.53 Å². The smallest absolute Gasteiger partial charge is 0.255 e. The molecule has 3 aromatic rings. The van der Waals surface area contributed by atoms with Gasteiger partial charge >= 0.3 is 0 Å². The summed E-state index contributed by atoms with van der Waals surface area (Å²) in [6.07, 6.45) is 3.84. The normalized spacial score (nSPS) is 19.5. The van der Waals surface area contributed by atoms with Crippen molar-refractivity contribution in [3.8, 4) is 5.75 Å². The lowest BCUT2D eigenvalue weighted by Crippen LogP contribution is -2.52. The average Bonchev–Trinajstić information content (AvgIpc) is 3.12. The topological polar surface area (TPSA) is 50.4 Å². The molecular weight excluding hydrogens is 396 g/mol. The van der Waals surface area contributed by atoms with Crippen molar-refractivity contribution in [3.63, 3.8) is 0 Å². The van der Waals surface area contributed by atoms with Gasteiger partial charge in [-0.25, -0.2) is 0 Å². The van der Waals surface area contributed by atoms with Crippen LogP contribution in [0.5, 0.6) is 5.75 Å². The van der Waals surface area contributed by atoms with E-state index < -0.39 is 0 Å². The highest BCUT2D eigenvalue weighted by atomic mass is 16.5. The lowest BCUT2D eigenvalue weighted by atomic mass is 9.67. The molecule has 0 aliphatic carbocycles. The SMILES string of the molecule is COc1ccccc1C(=O)NC(Cc1ccccc1)C1(c2ccccc2)CCCNCC1. The first-order valence-electron chi connectivity index (χ1n) is 11.5. The number of carbonyl (C=O) groups is 1. The van der Waals surface area contributed by atoms with Gasteiger partial charge in [0.1, 0.15) is 5.75 Å². The van der Waals surface area contributed by atoms with Gasteiger partial charge in [0.2, 0.25) is 0 Å². The van der Waals surface area contributed by atoms with Crippen molar-refractivity contribution in [1.29, 1.82) is 0 Å². The van der Waals surface area contributed by atoms with Crippen molar-refractivity contribution in [2.45, 2.75) is 37.1 Å². The highest BCUT2D eigenvalue weighted by molar-refractivity contribution is 5.97. The lowest BCUT2D eigenvalue weighted by Gasteiger charge is -2.41. The lowest BCUT2D eigenvalue weighted by molar-refractivity contribution is 0.0903. The zero-order chi connectivity index (χ0) is 22.2. The Morgan fingerprint density at radius 3 is 2.38 bits per heavy atom. The molecule has 0 aromatic heterocycles. The molecule has 1 aliphatic rings. The molecule has 0 saturated carbocycles. The van der Waals surface area contributed by atoms with E-state index >= 15 is 0 Å². The highest BCUT2D eigenvalue weighted by Crippen LogP contribution is 2.39. The fourth-order valence-electron chi connectivity index (χ4n) is 5.00. The fraction of sp³-hybridized carbons (Fsp3) is 0.321. The van der Waals surface area contributed by atoms with Gasteiger partial charge in [0, 0.05) is 11.5 Å². The van der Waals surface area contributed by atoms with Crippen LogP contribution in [-0.2, 0) is 11.8 Å². The Balaban J connectivity index is 1.75. The minimum absolute atomic E-state index is 0.0513. The summed E-state index contributed by atoms with van der Waals surface area (Å²) in [5.74, 6) is 0.510.